The zero-order valence-electron chi connectivity index (χ0n) is 18.0. The largest absolute Gasteiger partial charge is 0.465 e. The third kappa shape index (κ3) is 3.09. The summed E-state index contributed by atoms with van der Waals surface area (Å²) in [4.78, 5) is 55.9. The number of ether oxygens (including phenoxy) is 1. The first-order chi connectivity index (χ1) is 16.3. The number of amides is 2. The predicted molar refractivity (Wildman–Crippen MR) is 128 cm³/mol. The number of imide groups is 1. The van der Waals surface area contributed by atoms with Crippen LogP contribution in [0.1, 0.15) is 29.7 Å². The van der Waals surface area contributed by atoms with Gasteiger partial charge < -0.3 is 9.72 Å². The maximum atomic E-state index is 13.4. The molecule has 178 valence electrons. The van der Waals surface area contributed by atoms with Gasteiger partial charge in [0.1, 0.15) is 6.54 Å². The maximum Gasteiger partial charge on any atom is 0.326 e. The number of hydrogen-bond donors (Lipinski definition) is 1. The third-order valence-electron chi connectivity index (χ3n) is 7.72. The monoisotopic (exact) mass is 538 g/mol. The number of halogens is 2. The molecule has 11 heteroatoms. The molecular weight excluding hydrogens is 519 g/mol. The number of thioether (sulfide) groups is 1. The number of nitrogens with zero attached hydrogens (tertiary/aromatic N) is 1. The first-order valence-corrected chi connectivity index (χ1v) is 13.6. The molecule has 2 aliphatic heterocycles. The molecule has 2 saturated carbocycles. The van der Waals surface area contributed by atoms with Crippen molar-refractivity contribution in [2.45, 2.75) is 29.5 Å². The lowest BCUT2D eigenvalue weighted by Gasteiger charge is -2.43. The number of aromatic amines is 1. The van der Waals surface area contributed by atoms with Gasteiger partial charge in [0.2, 0.25) is 11.8 Å². The minimum atomic E-state index is -0.577. The Morgan fingerprint density at radius 1 is 1.18 bits per heavy atom. The van der Waals surface area contributed by atoms with Gasteiger partial charge in [0, 0.05) is 16.0 Å². The fourth-order valence-electron chi connectivity index (χ4n) is 6.68. The van der Waals surface area contributed by atoms with Gasteiger partial charge in [0.15, 0.2) is 0 Å². The molecule has 7 atom stereocenters. The quantitative estimate of drug-likeness (QED) is 0.470. The number of rotatable bonds is 4. The molecule has 2 amide bonds. The van der Waals surface area contributed by atoms with E-state index < -0.39 is 17.8 Å². The average molecular weight is 539 g/mol. The minimum absolute atomic E-state index is 0.0189. The van der Waals surface area contributed by atoms with Crippen LogP contribution in [0.3, 0.4) is 0 Å². The fraction of sp³-hybridized carbons (Fsp3) is 0.478. The number of aromatic nitrogens is 1. The van der Waals surface area contributed by atoms with E-state index in [1.165, 1.54) is 11.3 Å². The van der Waals surface area contributed by atoms with E-state index >= 15 is 0 Å². The highest BCUT2D eigenvalue weighted by atomic mass is 35.5. The Balaban J connectivity index is 1.42. The summed E-state index contributed by atoms with van der Waals surface area (Å²) in [5.74, 6) is -2.31. The van der Waals surface area contributed by atoms with Crippen molar-refractivity contribution in [3.8, 4) is 0 Å². The van der Waals surface area contributed by atoms with Crippen LogP contribution < -0.4 is 4.87 Å². The highest BCUT2D eigenvalue weighted by Gasteiger charge is 2.69. The van der Waals surface area contributed by atoms with Crippen LogP contribution in [0, 0.1) is 29.6 Å². The van der Waals surface area contributed by atoms with Gasteiger partial charge in [0.05, 0.1) is 33.5 Å². The molecule has 1 N–H and O–H groups in total. The van der Waals surface area contributed by atoms with E-state index in [0.29, 0.717) is 10.0 Å². The van der Waals surface area contributed by atoms with Crippen LogP contribution in [0.5, 0.6) is 0 Å². The summed E-state index contributed by atoms with van der Waals surface area (Å²) in [5.41, 5.74) is 0.838. The normalized spacial score (nSPS) is 33.1. The van der Waals surface area contributed by atoms with Crippen molar-refractivity contribution in [1.29, 1.82) is 0 Å². The number of nitrogens with one attached hydrogen (secondary N) is 1. The molecule has 1 saturated heterocycles. The molecule has 6 unspecified atom stereocenters. The van der Waals surface area contributed by atoms with Crippen LogP contribution in [0.4, 0.5) is 0 Å². The molecule has 1 aromatic carbocycles. The fourth-order valence-corrected chi connectivity index (χ4v) is 9.98. The molecule has 6 rings (SSSR count). The van der Waals surface area contributed by atoms with Crippen molar-refractivity contribution in [1.82, 2.24) is 9.88 Å². The van der Waals surface area contributed by atoms with E-state index in [0.717, 1.165) is 26.8 Å². The van der Waals surface area contributed by atoms with Gasteiger partial charge in [-0.15, -0.1) is 11.8 Å². The second-order valence-corrected chi connectivity index (χ2v) is 12.2. The highest BCUT2D eigenvalue weighted by molar-refractivity contribution is 8.00. The summed E-state index contributed by atoms with van der Waals surface area (Å²) in [7, 11) is 0. The Morgan fingerprint density at radius 3 is 2.65 bits per heavy atom. The molecule has 34 heavy (non-hydrogen) atoms. The number of fused-ring (bicyclic) bond motifs is 9. The first kappa shape index (κ1) is 22.6. The molecule has 2 aromatic rings. The Bertz CT molecular complexity index is 1290. The number of likely N-dealkylation sites (tertiary alicyclic amines) is 1. The van der Waals surface area contributed by atoms with E-state index in [9.17, 15) is 19.2 Å². The van der Waals surface area contributed by atoms with Crippen LogP contribution in [-0.2, 0) is 19.1 Å². The number of esters is 1. The highest BCUT2D eigenvalue weighted by Crippen LogP contribution is 2.68. The Labute approximate surface area is 213 Å². The number of carbonyl (C=O) groups excluding carboxylic acids is 3. The van der Waals surface area contributed by atoms with Crippen LogP contribution in [0.2, 0.25) is 10.0 Å². The van der Waals surface area contributed by atoms with Crippen LogP contribution >= 0.6 is 46.3 Å². The van der Waals surface area contributed by atoms with E-state index in [2.05, 4.69) is 4.98 Å². The zero-order valence-corrected chi connectivity index (χ0v) is 21.1. The van der Waals surface area contributed by atoms with Crippen molar-refractivity contribution in [2.24, 2.45) is 29.6 Å². The number of hydrogen-bond acceptors (Lipinski definition) is 7. The van der Waals surface area contributed by atoms with Crippen molar-refractivity contribution < 1.29 is 19.1 Å². The minimum Gasteiger partial charge on any atom is -0.465 e. The number of carbonyl (C=O) groups is 3. The van der Waals surface area contributed by atoms with E-state index in [1.807, 2.05) is 12.1 Å². The Morgan fingerprint density at radius 2 is 1.91 bits per heavy atom. The van der Waals surface area contributed by atoms with Gasteiger partial charge in [-0.05, 0) is 42.7 Å². The topological polar surface area (TPSA) is 96.5 Å². The van der Waals surface area contributed by atoms with E-state index in [4.69, 9.17) is 27.9 Å². The smallest absolute Gasteiger partial charge is 0.326 e. The number of benzene rings is 1. The SMILES string of the molecule is CCOC(=O)CN1C(=O)C2C3CC(C2C1=O)C1C3Sc2[nH]c(=O)sc2[C@@H]1c1cccc(Cl)c1Cl. The van der Waals surface area contributed by atoms with Crippen LogP contribution in [0.25, 0.3) is 0 Å². The molecule has 2 aliphatic carbocycles. The van der Waals surface area contributed by atoms with Crippen LogP contribution in [-0.4, -0.2) is 46.1 Å². The van der Waals surface area contributed by atoms with Gasteiger partial charge in [0.25, 0.3) is 0 Å². The molecule has 0 spiro atoms. The second kappa shape index (κ2) is 8.11. The summed E-state index contributed by atoms with van der Waals surface area (Å²) >= 11 is 15.8. The zero-order chi connectivity index (χ0) is 23.9. The third-order valence-corrected chi connectivity index (χ3v) is 11.1. The Hall–Kier alpha value is -1.81. The molecular formula is C23H20Cl2N2O5S2. The van der Waals surface area contributed by atoms with Gasteiger partial charge in [-0.1, -0.05) is 46.7 Å². The Kier molecular flexibility index (Phi) is 5.40. The molecule has 0 radical (unpaired) electrons. The van der Waals surface area contributed by atoms with Crippen molar-refractivity contribution in [3.05, 3.63) is 48.4 Å². The van der Waals surface area contributed by atoms with E-state index in [1.54, 1.807) is 24.8 Å². The molecule has 4 aliphatic rings. The van der Waals surface area contributed by atoms with Gasteiger partial charge >= 0.3 is 10.8 Å². The van der Waals surface area contributed by atoms with Crippen molar-refractivity contribution in [3.63, 3.8) is 0 Å². The molecule has 3 fully saturated rings. The summed E-state index contributed by atoms with van der Waals surface area (Å²) in [6.45, 7) is 1.54. The summed E-state index contributed by atoms with van der Waals surface area (Å²) in [6, 6.07) is 5.50. The maximum absolute atomic E-state index is 13.4. The summed E-state index contributed by atoms with van der Waals surface area (Å²) in [6.07, 6.45) is 0.760. The van der Waals surface area contributed by atoms with Crippen LogP contribution in [0.15, 0.2) is 28.0 Å². The number of H-pyrrole nitrogens is 1. The molecule has 3 heterocycles. The predicted octanol–water partition coefficient (Wildman–Crippen LogP) is 3.78. The number of thiazole rings is 1. The summed E-state index contributed by atoms with van der Waals surface area (Å²) in [5, 5.41) is 1.74. The molecule has 2 bridgehead atoms. The standard InChI is InChI=1S/C23H20Cl2N2O5S2/c1-2-32-12(28)7-27-21(29)15-9-6-10(16(15)22(27)30)18-14(9)13(8-4-3-5-11(24)17(8)25)19-20(33-18)26-23(31)34-19/h3-5,9-10,13-16,18H,2,6-7H2,1H3,(H,26,31)/t9?,10?,13-,14?,15?,16?,18?/m1/s1. The lowest BCUT2D eigenvalue weighted by molar-refractivity contribution is -0.153. The van der Waals surface area contributed by atoms with Gasteiger partial charge in [-0.2, -0.15) is 0 Å². The molecule has 7 nitrogen and oxygen atoms in total. The van der Waals surface area contributed by atoms with Crippen molar-refractivity contribution in [2.75, 3.05) is 13.2 Å². The molecule has 1 aromatic heterocycles. The lowest BCUT2D eigenvalue weighted by atomic mass is 9.68. The first-order valence-electron chi connectivity index (χ1n) is 11.2. The second-order valence-electron chi connectivity index (χ2n) is 9.17. The lowest BCUT2D eigenvalue weighted by Crippen LogP contribution is -2.42. The summed E-state index contributed by atoms with van der Waals surface area (Å²) < 4.78 is 4.98. The van der Waals surface area contributed by atoms with Gasteiger partial charge in [-0.3, -0.25) is 24.1 Å². The van der Waals surface area contributed by atoms with E-state index in [-0.39, 0.29) is 58.8 Å². The van der Waals surface area contributed by atoms with Crippen molar-refractivity contribution >= 4 is 64.1 Å². The van der Waals surface area contributed by atoms with Gasteiger partial charge in [-0.25, -0.2) is 0 Å². The average Bonchev–Trinajstić information content (AvgIpc) is 3.52.